The maximum Gasteiger partial charge on any atom is 0.388 e. The first-order chi connectivity index (χ1) is 10.3. The van der Waals surface area contributed by atoms with E-state index < -0.39 is 30.5 Å². The average Bonchev–Trinajstić information content (AvgIpc) is 2.33. The van der Waals surface area contributed by atoms with Crippen molar-refractivity contribution in [3.8, 4) is 5.88 Å². The number of alkyl halides is 4. The predicted molar refractivity (Wildman–Crippen MR) is 68.8 cm³/mol. The fourth-order valence-corrected chi connectivity index (χ4v) is 2.78. The van der Waals surface area contributed by atoms with Gasteiger partial charge in [0.05, 0.1) is 0 Å². The molecule has 0 aromatic carbocycles. The van der Waals surface area contributed by atoms with E-state index in [0.29, 0.717) is 5.56 Å². The van der Waals surface area contributed by atoms with Crippen molar-refractivity contribution in [1.82, 2.24) is 10.3 Å². The van der Waals surface area contributed by atoms with E-state index in [1.54, 1.807) is 6.07 Å². The van der Waals surface area contributed by atoms with Crippen molar-refractivity contribution in [3.05, 3.63) is 23.9 Å². The van der Waals surface area contributed by atoms with E-state index in [0.717, 1.165) is 0 Å². The van der Waals surface area contributed by atoms with Crippen molar-refractivity contribution in [2.75, 3.05) is 0 Å². The Morgan fingerprint density at radius 1 is 1.45 bits per heavy atom. The van der Waals surface area contributed by atoms with Crippen molar-refractivity contribution < 1.29 is 27.1 Å². The van der Waals surface area contributed by atoms with E-state index in [4.69, 9.17) is 5.73 Å². The molecule has 3 N–H and O–H groups in total. The van der Waals surface area contributed by atoms with Crippen LogP contribution in [0.3, 0.4) is 0 Å². The highest BCUT2D eigenvalue weighted by molar-refractivity contribution is 5.73. The fourth-order valence-electron chi connectivity index (χ4n) is 2.78. The highest BCUT2D eigenvalue weighted by atomic mass is 19.3. The van der Waals surface area contributed by atoms with Gasteiger partial charge < -0.3 is 15.8 Å². The van der Waals surface area contributed by atoms with Gasteiger partial charge in [-0.15, -0.1) is 0 Å². The molecule has 2 rings (SSSR count). The van der Waals surface area contributed by atoms with Gasteiger partial charge in [0.2, 0.25) is 12.3 Å². The van der Waals surface area contributed by atoms with Gasteiger partial charge in [0.15, 0.2) is 0 Å². The summed E-state index contributed by atoms with van der Waals surface area (Å²) in [6, 6.07) is 2.01. The topological polar surface area (TPSA) is 77.2 Å². The van der Waals surface area contributed by atoms with Crippen LogP contribution < -0.4 is 15.8 Å². The molecule has 2 amide bonds. The number of amides is 2. The van der Waals surface area contributed by atoms with Crippen molar-refractivity contribution in [3.63, 3.8) is 0 Å². The predicted octanol–water partition coefficient (Wildman–Crippen LogP) is 2.31. The van der Waals surface area contributed by atoms with Crippen LogP contribution in [0.1, 0.15) is 18.4 Å². The minimum Gasteiger partial charge on any atom is -0.417 e. The standard InChI is InChI=1S/C13H15F4N3O2/c14-10(15)8-5-13(6-8,20-12(18)21)4-7-1-2-19-9(3-7)22-11(16)17/h1-3,8,10-11H,4-6H2,(H3,18,20,21). The number of urea groups is 1. The van der Waals surface area contributed by atoms with Crippen LogP contribution in [-0.2, 0) is 6.42 Å². The van der Waals surface area contributed by atoms with E-state index in [1.807, 2.05) is 0 Å². The van der Waals surface area contributed by atoms with E-state index in [2.05, 4.69) is 15.0 Å². The molecule has 0 unspecified atom stereocenters. The van der Waals surface area contributed by atoms with Crippen LogP contribution in [0.4, 0.5) is 22.4 Å². The molecular weight excluding hydrogens is 306 g/mol. The second-order valence-electron chi connectivity index (χ2n) is 5.33. The van der Waals surface area contributed by atoms with Crippen LogP contribution in [0.2, 0.25) is 0 Å². The first kappa shape index (κ1) is 16.3. The van der Waals surface area contributed by atoms with E-state index in [-0.39, 0.29) is 25.1 Å². The molecule has 1 heterocycles. The fraction of sp³-hybridized carbons (Fsp3) is 0.538. The third-order valence-electron chi connectivity index (χ3n) is 3.60. The zero-order valence-corrected chi connectivity index (χ0v) is 11.4. The molecule has 5 nitrogen and oxygen atoms in total. The molecular formula is C13H15F4N3O2. The number of ether oxygens (including phenoxy) is 1. The molecule has 1 aromatic heterocycles. The Morgan fingerprint density at radius 3 is 2.68 bits per heavy atom. The molecule has 1 aromatic rings. The van der Waals surface area contributed by atoms with Gasteiger partial charge in [-0.1, -0.05) is 0 Å². The summed E-state index contributed by atoms with van der Waals surface area (Å²) in [5.41, 5.74) is 4.73. The monoisotopic (exact) mass is 321 g/mol. The smallest absolute Gasteiger partial charge is 0.388 e. The zero-order chi connectivity index (χ0) is 16.3. The number of aromatic nitrogens is 1. The largest absolute Gasteiger partial charge is 0.417 e. The zero-order valence-electron chi connectivity index (χ0n) is 11.4. The van der Waals surface area contributed by atoms with Gasteiger partial charge in [-0.25, -0.2) is 18.6 Å². The minimum absolute atomic E-state index is 0.0704. The third-order valence-corrected chi connectivity index (χ3v) is 3.60. The summed E-state index contributed by atoms with van der Waals surface area (Å²) < 4.78 is 53.8. The van der Waals surface area contributed by atoms with Crippen molar-refractivity contribution >= 4 is 6.03 Å². The SMILES string of the molecule is NC(=O)NC1(Cc2ccnc(OC(F)F)c2)CC(C(F)F)C1. The highest BCUT2D eigenvalue weighted by Gasteiger charge is 2.48. The lowest BCUT2D eigenvalue weighted by atomic mass is 9.65. The molecule has 122 valence electrons. The van der Waals surface area contributed by atoms with Crippen LogP contribution >= 0.6 is 0 Å². The van der Waals surface area contributed by atoms with Gasteiger partial charge >= 0.3 is 12.6 Å². The Bertz CT molecular complexity index is 536. The summed E-state index contributed by atoms with van der Waals surface area (Å²) in [4.78, 5) is 14.7. The molecule has 1 saturated carbocycles. The number of hydrogen-bond donors (Lipinski definition) is 2. The van der Waals surface area contributed by atoms with Crippen LogP contribution in [-0.4, -0.2) is 29.6 Å². The minimum atomic E-state index is -3.01. The number of pyridine rings is 1. The lowest BCUT2D eigenvalue weighted by Gasteiger charge is -2.47. The third kappa shape index (κ3) is 3.99. The number of nitrogens with zero attached hydrogens (tertiary/aromatic N) is 1. The van der Waals surface area contributed by atoms with Gasteiger partial charge in [0, 0.05) is 23.7 Å². The number of nitrogens with two attached hydrogens (primary N) is 1. The molecule has 1 aliphatic rings. The Morgan fingerprint density at radius 2 is 2.14 bits per heavy atom. The van der Waals surface area contributed by atoms with E-state index in [1.165, 1.54) is 12.3 Å². The second kappa shape index (κ2) is 6.37. The number of carbonyl (C=O) groups excluding carboxylic acids is 1. The first-order valence-electron chi connectivity index (χ1n) is 6.55. The van der Waals surface area contributed by atoms with E-state index >= 15 is 0 Å². The molecule has 0 spiro atoms. The van der Waals surface area contributed by atoms with Gasteiger partial charge in [-0.05, 0) is 30.9 Å². The van der Waals surface area contributed by atoms with Crippen LogP contribution in [0.5, 0.6) is 5.88 Å². The summed E-state index contributed by atoms with van der Waals surface area (Å²) in [6.45, 7) is -3.01. The number of hydrogen-bond acceptors (Lipinski definition) is 3. The Kier molecular flexibility index (Phi) is 4.72. The lowest BCUT2D eigenvalue weighted by molar-refractivity contribution is -0.0529. The number of carbonyl (C=O) groups is 1. The molecule has 9 heteroatoms. The maximum absolute atomic E-state index is 12.6. The molecule has 22 heavy (non-hydrogen) atoms. The quantitative estimate of drug-likeness (QED) is 0.789. The molecule has 0 radical (unpaired) electrons. The Balaban J connectivity index is 2.09. The summed E-state index contributed by atoms with van der Waals surface area (Å²) in [5.74, 6) is -1.09. The molecule has 0 aliphatic heterocycles. The average molecular weight is 321 g/mol. The normalized spacial score (nSPS) is 24.2. The molecule has 0 bridgehead atoms. The van der Waals surface area contributed by atoms with Gasteiger partial charge in [0.1, 0.15) is 0 Å². The van der Waals surface area contributed by atoms with Crippen LogP contribution in [0.15, 0.2) is 18.3 Å². The molecule has 0 atom stereocenters. The van der Waals surface area contributed by atoms with Gasteiger partial charge in [-0.3, -0.25) is 0 Å². The van der Waals surface area contributed by atoms with E-state index in [9.17, 15) is 22.4 Å². The number of rotatable bonds is 6. The molecule has 1 fully saturated rings. The van der Waals surface area contributed by atoms with Crippen LogP contribution in [0, 0.1) is 5.92 Å². The summed E-state index contributed by atoms with van der Waals surface area (Å²) in [7, 11) is 0. The van der Waals surface area contributed by atoms with Crippen molar-refractivity contribution in [1.29, 1.82) is 0 Å². The lowest BCUT2D eigenvalue weighted by Crippen LogP contribution is -2.61. The Labute approximate surface area is 123 Å². The molecule has 1 aliphatic carbocycles. The highest BCUT2D eigenvalue weighted by Crippen LogP contribution is 2.43. The van der Waals surface area contributed by atoms with Gasteiger partial charge in [-0.2, -0.15) is 8.78 Å². The summed E-state index contributed by atoms with van der Waals surface area (Å²) >= 11 is 0. The number of primary amides is 1. The van der Waals surface area contributed by atoms with Crippen molar-refractivity contribution in [2.24, 2.45) is 11.7 Å². The van der Waals surface area contributed by atoms with Gasteiger partial charge in [0.25, 0.3) is 0 Å². The maximum atomic E-state index is 12.6. The van der Waals surface area contributed by atoms with Crippen LogP contribution in [0.25, 0.3) is 0 Å². The second-order valence-corrected chi connectivity index (χ2v) is 5.33. The summed E-state index contributed by atoms with van der Waals surface area (Å²) in [6.07, 6.45) is -0.879. The first-order valence-corrected chi connectivity index (χ1v) is 6.55. The number of nitrogens with one attached hydrogen (secondary N) is 1. The molecule has 0 saturated heterocycles. The summed E-state index contributed by atoms with van der Waals surface area (Å²) in [5, 5.41) is 2.48. The van der Waals surface area contributed by atoms with Crippen molar-refractivity contribution in [2.45, 2.75) is 37.8 Å². The Hall–Kier alpha value is -2.06. The number of halogens is 4.